The normalized spacial score (nSPS) is 27.9. The maximum Gasteiger partial charge on any atom is 0.317 e. The number of amides is 2. The molecule has 2 aliphatic heterocycles. The van der Waals surface area contributed by atoms with Crippen LogP contribution in [0.15, 0.2) is 0 Å². The van der Waals surface area contributed by atoms with Crippen LogP contribution in [0.4, 0.5) is 4.79 Å². The molecule has 0 aromatic carbocycles. The summed E-state index contributed by atoms with van der Waals surface area (Å²) in [6.45, 7) is 9.33. The van der Waals surface area contributed by atoms with E-state index in [0.717, 1.165) is 52.0 Å². The molecule has 2 amide bonds. The molecule has 2 rings (SSSR count). The Labute approximate surface area is 110 Å². The molecule has 0 spiro atoms. The third kappa shape index (κ3) is 3.61. The van der Waals surface area contributed by atoms with Crippen LogP contribution < -0.4 is 10.6 Å². The van der Waals surface area contributed by atoms with E-state index in [1.807, 2.05) is 4.90 Å². The van der Waals surface area contributed by atoms with Crippen LogP contribution in [0.3, 0.4) is 0 Å². The molecule has 18 heavy (non-hydrogen) atoms. The van der Waals surface area contributed by atoms with Crippen LogP contribution in [0.2, 0.25) is 0 Å². The van der Waals surface area contributed by atoms with E-state index >= 15 is 0 Å². The van der Waals surface area contributed by atoms with Crippen LogP contribution in [0.1, 0.15) is 39.5 Å². The van der Waals surface area contributed by atoms with Crippen molar-refractivity contribution in [3.63, 3.8) is 0 Å². The van der Waals surface area contributed by atoms with Gasteiger partial charge in [-0.15, -0.1) is 0 Å². The molecule has 2 N–H and O–H groups in total. The van der Waals surface area contributed by atoms with Crippen molar-refractivity contribution >= 4 is 6.03 Å². The molecule has 0 aromatic heterocycles. The van der Waals surface area contributed by atoms with Gasteiger partial charge < -0.3 is 15.5 Å². The van der Waals surface area contributed by atoms with Gasteiger partial charge in [-0.2, -0.15) is 0 Å². The van der Waals surface area contributed by atoms with Gasteiger partial charge in [0.1, 0.15) is 0 Å². The average Bonchev–Trinajstić information content (AvgIpc) is 2.37. The number of hydrogen-bond donors (Lipinski definition) is 2. The molecule has 0 saturated carbocycles. The van der Waals surface area contributed by atoms with Crippen LogP contribution in [0, 0.1) is 11.3 Å². The van der Waals surface area contributed by atoms with Crippen molar-refractivity contribution in [2.45, 2.75) is 39.5 Å². The van der Waals surface area contributed by atoms with Gasteiger partial charge in [0.15, 0.2) is 0 Å². The van der Waals surface area contributed by atoms with Gasteiger partial charge in [0.05, 0.1) is 0 Å². The standard InChI is InChI=1S/C14H27N3O/c1-12-4-3-9-17(10-12)13(18)16-11-14(2)5-7-15-8-6-14/h12,15H,3-11H2,1-2H3,(H,16,18). The highest BCUT2D eigenvalue weighted by Crippen LogP contribution is 2.26. The zero-order valence-corrected chi connectivity index (χ0v) is 11.8. The van der Waals surface area contributed by atoms with Crippen molar-refractivity contribution in [1.29, 1.82) is 0 Å². The second kappa shape index (κ2) is 5.91. The summed E-state index contributed by atoms with van der Waals surface area (Å²) in [5, 5.41) is 6.52. The van der Waals surface area contributed by atoms with Crippen LogP contribution in [0.5, 0.6) is 0 Å². The summed E-state index contributed by atoms with van der Waals surface area (Å²) in [6, 6.07) is 0.140. The van der Waals surface area contributed by atoms with Crippen LogP contribution in [0.25, 0.3) is 0 Å². The van der Waals surface area contributed by atoms with E-state index in [-0.39, 0.29) is 11.4 Å². The molecule has 0 aromatic rings. The number of carbonyl (C=O) groups is 1. The molecule has 104 valence electrons. The molecule has 0 radical (unpaired) electrons. The van der Waals surface area contributed by atoms with E-state index in [1.54, 1.807) is 0 Å². The summed E-state index contributed by atoms with van der Waals surface area (Å²) in [6.07, 6.45) is 4.72. The highest BCUT2D eigenvalue weighted by Gasteiger charge is 2.28. The minimum Gasteiger partial charge on any atom is -0.337 e. The van der Waals surface area contributed by atoms with Crippen LogP contribution >= 0.6 is 0 Å². The Bertz CT molecular complexity index is 287. The summed E-state index contributed by atoms with van der Waals surface area (Å²) in [4.78, 5) is 14.1. The van der Waals surface area contributed by atoms with E-state index in [4.69, 9.17) is 0 Å². The second-order valence-electron chi connectivity index (χ2n) is 6.41. The molecule has 2 heterocycles. The Morgan fingerprint density at radius 2 is 2.17 bits per heavy atom. The van der Waals surface area contributed by atoms with Crippen molar-refractivity contribution in [2.24, 2.45) is 11.3 Å². The number of rotatable bonds is 2. The number of nitrogens with one attached hydrogen (secondary N) is 2. The molecular weight excluding hydrogens is 226 g/mol. The number of piperidine rings is 2. The van der Waals surface area contributed by atoms with Gasteiger partial charge >= 0.3 is 6.03 Å². The number of carbonyl (C=O) groups excluding carboxylic acids is 1. The minimum atomic E-state index is 0.140. The van der Waals surface area contributed by atoms with Gasteiger partial charge in [0, 0.05) is 19.6 Å². The average molecular weight is 253 g/mol. The van der Waals surface area contributed by atoms with Crippen molar-refractivity contribution in [2.75, 3.05) is 32.7 Å². The fourth-order valence-corrected chi connectivity index (χ4v) is 2.98. The molecule has 1 atom stereocenters. The largest absolute Gasteiger partial charge is 0.337 e. The summed E-state index contributed by atoms with van der Waals surface area (Å²) >= 11 is 0. The smallest absolute Gasteiger partial charge is 0.317 e. The summed E-state index contributed by atoms with van der Waals surface area (Å²) in [7, 11) is 0. The van der Waals surface area contributed by atoms with E-state index in [9.17, 15) is 4.79 Å². The van der Waals surface area contributed by atoms with Crippen molar-refractivity contribution in [1.82, 2.24) is 15.5 Å². The number of likely N-dealkylation sites (tertiary alicyclic amines) is 1. The maximum atomic E-state index is 12.1. The Kier molecular flexibility index (Phi) is 4.49. The zero-order valence-electron chi connectivity index (χ0n) is 11.8. The lowest BCUT2D eigenvalue weighted by Crippen LogP contribution is -2.49. The number of hydrogen-bond acceptors (Lipinski definition) is 2. The molecule has 2 saturated heterocycles. The quantitative estimate of drug-likeness (QED) is 0.788. The second-order valence-corrected chi connectivity index (χ2v) is 6.41. The number of nitrogens with zero attached hydrogens (tertiary/aromatic N) is 1. The highest BCUT2D eigenvalue weighted by molar-refractivity contribution is 5.74. The van der Waals surface area contributed by atoms with E-state index in [0.29, 0.717) is 5.92 Å². The third-order valence-electron chi connectivity index (χ3n) is 4.42. The van der Waals surface area contributed by atoms with E-state index in [2.05, 4.69) is 24.5 Å². The van der Waals surface area contributed by atoms with Gasteiger partial charge in [0.25, 0.3) is 0 Å². The summed E-state index contributed by atoms with van der Waals surface area (Å²) in [5.74, 6) is 0.652. The third-order valence-corrected chi connectivity index (χ3v) is 4.42. The first-order valence-electron chi connectivity index (χ1n) is 7.33. The molecule has 4 nitrogen and oxygen atoms in total. The molecule has 4 heteroatoms. The number of urea groups is 1. The molecule has 2 aliphatic rings. The fourth-order valence-electron chi connectivity index (χ4n) is 2.98. The van der Waals surface area contributed by atoms with Gasteiger partial charge in [-0.1, -0.05) is 13.8 Å². The Morgan fingerprint density at radius 3 is 2.83 bits per heavy atom. The molecule has 0 aliphatic carbocycles. The van der Waals surface area contributed by atoms with Crippen molar-refractivity contribution < 1.29 is 4.79 Å². The highest BCUT2D eigenvalue weighted by atomic mass is 16.2. The molecular formula is C14H27N3O. The van der Waals surface area contributed by atoms with Gasteiger partial charge in [0.2, 0.25) is 0 Å². The maximum absolute atomic E-state index is 12.1. The topological polar surface area (TPSA) is 44.4 Å². The summed E-state index contributed by atoms with van der Waals surface area (Å²) in [5.41, 5.74) is 0.280. The Morgan fingerprint density at radius 1 is 1.44 bits per heavy atom. The predicted molar refractivity (Wildman–Crippen MR) is 73.6 cm³/mol. The zero-order chi connectivity index (χ0) is 13.0. The first kappa shape index (κ1) is 13.7. The first-order valence-corrected chi connectivity index (χ1v) is 7.33. The molecule has 2 fully saturated rings. The van der Waals surface area contributed by atoms with Gasteiger partial charge in [-0.05, 0) is 50.1 Å². The van der Waals surface area contributed by atoms with Crippen LogP contribution in [-0.4, -0.2) is 43.7 Å². The lowest BCUT2D eigenvalue weighted by Gasteiger charge is -2.36. The van der Waals surface area contributed by atoms with Crippen molar-refractivity contribution in [3.05, 3.63) is 0 Å². The summed E-state index contributed by atoms with van der Waals surface area (Å²) < 4.78 is 0. The van der Waals surface area contributed by atoms with E-state index in [1.165, 1.54) is 6.42 Å². The Hall–Kier alpha value is -0.770. The fraction of sp³-hybridized carbons (Fsp3) is 0.929. The SMILES string of the molecule is CC1CCCN(C(=O)NCC2(C)CCNCC2)C1. The lowest BCUT2D eigenvalue weighted by molar-refractivity contribution is 0.158. The predicted octanol–water partition coefficient (Wildman–Crippen LogP) is 1.82. The van der Waals surface area contributed by atoms with Gasteiger partial charge in [-0.25, -0.2) is 4.79 Å². The monoisotopic (exact) mass is 253 g/mol. The van der Waals surface area contributed by atoms with E-state index < -0.39 is 0 Å². The van der Waals surface area contributed by atoms with Crippen LogP contribution in [-0.2, 0) is 0 Å². The van der Waals surface area contributed by atoms with Gasteiger partial charge in [-0.3, -0.25) is 0 Å². The minimum absolute atomic E-state index is 0.140. The Balaban J connectivity index is 1.76. The lowest BCUT2D eigenvalue weighted by atomic mass is 9.81. The molecule has 0 bridgehead atoms. The first-order chi connectivity index (χ1) is 8.59. The van der Waals surface area contributed by atoms with Crippen molar-refractivity contribution in [3.8, 4) is 0 Å². The molecule has 1 unspecified atom stereocenters.